The summed E-state index contributed by atoms with van der Waals surface area (Å²) in [6, 6.07) is 0. The summed E-state index contributed by atoms with van der Waals surface area (Å²) in [5.74, 6) is 0.933. The molecule has 0 aromatic rings. The van der Waals surface area contributed by atoms with Gasteiger partial charge in [-0.05, 0) is 18.8 Å². The summed E-state index contributed by atoms with van der Waals surface area (Å²) in [5.41, 5.74) is 0. The molecule has 58 valence electrons. The van der Waals surface area contributed by atoms with Gasteiger partial charge >= 0.3 is 0 Å². The Hall–Kier alpha value is -0.0400. The quantitative estimate of drug-likeness (QED) is 0.402. The van der Waals surface area contributed by atoms with Crippen LogP contribution in [0.4, 0.5) is 0 Å². The number of epoxide rings is 1. The summed E-state index contributed by atoms with van der Waals surface area (Å²) in [6.07, 6.45) is 9.37. The lowest BCUT2D eigenvalue weighted by Gasteiger charge is -2.08. The van der Waals surface area contributed by atoms with E-state index < -0.39 is 0 Å². The van der Waals surface area contributed by atoms with Crippen LogP contribution >= 0.6 is 0 Å². The monoisotopic (exact) mass is 140 g/mol. The van der Waals surface area contributed by atoms with Gasteiger partial charge in [0.2, 0.25) is 0 Å². The molecule has 1 heteroatoms. The van der Waals surface area contributed by atoms with Gasteiger partial charge in [-0.15, -0.1) is 0 Å². The van der Waals surface area contributed by atoms with Gasteiger partial charge in [-0.1, -0.05) is 25.7 Å². The number of hydrogen-bond acceptors (Lipinski definition) is 1. The molecule has 0 bridgehead atoms. The van der Waals surface area contributed by atoms with Crippen molar-refractivity contribution in [2.45, 2.75) is 44.6 Å². The van der Waals surface area contributed by atoms with Crippen molar-refractivity contribution in [1.29, 1.82) is 0 Å². The minimum Gasteiger partial charge on any atom is -0.373 e. The van der Waals surface area contributed by atoms with E-state index in [0.29, 0.717) is 6.10 Å². The highest BCUT2D eigenvalue weighted by atomic mass is 16.6. The van der Waals surface area contributed by atoms with Crippen LogP contribution in [0.1, 0.15) is 38.5 Å². The van der Waals surface area contributed by atoms with E-state index in [-0.39, 0.29) is 0 Å². The fourth-order valence-corrected chi connectivity index (χ4v) is 2.01. The lowest BCUT2D eigenvalue weighted by atomic mass is 9.97. The second-order valence-electron chi connectivity index (χ2n) is 3.62. The van der Waals surface area contributed by atoms with Crippen LogP contribution in [-0.4, -0.2) is 12.7 Å². The molecule has 1 saturated heterocycles. The van der Waals surface area contributed by atoms with Gasteiger partial charge in [0.25, 0.3) is 0 Å². The van der Waals surface area contributed by atoms with Crippen molar-refractivity contribution in [2.75, 3.05) is 6.61 Å². The van der Waals surface area contributed by atoms with Crippen LogP contribution in [0.2, 0.25) is 0 Å². The molecule has 1 aliphatic heterocycles. The van der Waals surface area contributed by atoms with E-state index in [2.05, 4.69) is 0 Å². The van der Waals surface area contributed by atoms with Gasteiger partial charge in [0.15, 0.2) is 0 Å². The predicted octanol–water partition coefficient (Wildman–Crippen LogP) is 2.36. The Morgan fingerprint density at radius 1 is 0.900 bits per heavy atom. The maximum Gasteiger partial charge on any atom is 0.0838 e. The summed E-state index contributed by atoms with van der Waals surface area (Å²) in [5, 5.41) is 0. The first-order valence-electron chi connectivity index (χ1n) is 4.58. The molecule has 1 saturated carbocycles. The summed E-state index contributed by atoms with van der Waals surface area (Å²) in [4.78, 5) is 0. The summed E-state index contributed by atoms with van der Waals surface area (Å²) < 4.78 is 5.30. The average Bonchev–Trinajstić information content (AvgIpc) is 2.76. The Morgan fingerprint density at radius 2 is 1.50 bits per heavy atom. The third kappa shape index (κ3) is 1.51. The Morgan fingerprint density at radius 3 is 2.00 bits per heavy atom. The van der Waals surface area contributed by atoms with Crippen LogP contribution in [0.3, 0.4) is 0 Å². The minimum atomic E-state index is 0.679. The van der Waals surface area contributed by atoms with E-state index in [9.17, 15) is 0 Å². The summed E-state index contributed by atoms with van der Waals surface area (Å²) in [7, 11) is 0. The Bertz CT molecular complexity index is 99.3. The first kappa shape index (κ1) is 6.66. The first-order chi connectivity index (χ1) is 4.97. The second-order valence-corrected chi connectivity index (χ2v) is 3.62. The van der Waals surface area contributed by atoms with Crippen LogP contribution in [0.25, 0.3) is 0 Å². The number of ether oxygens (including phenoxy) is 1. The molecule has 0 aromatic carbocycles. The third-order valence-corrected chi connectivity index (χ3v) is 2.78. The van der Waals surface area contributed by atoms with Crippen molar-refractivity contribution in [3.05, 3.63) is 0 Å². The van der Waals surface area contributed by atoms with Crippen LogP contribution in [0, 0.1) is 5.92 Å². The van der Waals surface area contributed by atoms with Crippen molar-refractivity contribution < 1.29 is 4.74 Å². The molecule has 0 N–H and O–H groups in total. The molecule has 10 heavy (non-hydrogen) atoms. The van der Waals surface area contributed by atoms with Crippen molar-refractivity contribution in [3.8, 4) is 0 Å². The molecule has 0 unspecified atom stereocenters. The molecule has 1 nitrogen and oxygen atoms in total. The minimum absolute atomic E-state index is 0.679. The molecule has 0 aromatic heterocycles. The highest BCUT2D eigenvalue weighted by Gasteiger charge is 2.32. The van der Waals surface area contributed by atoms with Gasteiger partial charge in [-0.25, -0.2) is 0 Å². The van der Waals surface area contributed by atoms with Crippen LogP contribution in [0.15, 0.2) is 0 Å². The lowest BCUT2D eigenvalue weighted by molar-refractivity contribution is 0.305. The van der Waals surface area contributed by atoms with E-state index in [1.54, 1.807) is 0 Å². The molecule has 1 atom stereocenters. The smallest absolute Gasteiger partial charge is 0.0838 e. The Kier molecular flexibility index (Phi) is 1.94. The van der Waals surface area contributed by atoms with Crippen molar-refractivity contribution in [2.24, 2.45) is 5.92 Å². The number of hydrogen-bond donors (Lipinski definition) is 0. The molecule has 0 amide bonds. The van der Waals surface area contributed by atoms with E-state index >= 15 is 0 Å². The largest absolute Gasteiger partial charge is 0.373 e. The van der Waals surface area contributed by atoms with Gasteiger partial charge in [0, 0.05) is 0 Å². The molecular formula is C9H16O. The van der Waals surface area contributed by atoms with Crippen LogP contribution in [-0.2, 0) is 4.74 Å². The fourth-order valence-electron chi connectivity index (χ4n) is 2.01. The van der Waals surface area contributed by atoms with Crippen molar-refractivity contribution >= 4 is 0 Å². The second kappa shape index (κ2) is 2.91. The van der Waals surface area contributed by atoms with Gasteiger partial charge in [0.05, 0.1) is 12.7 Å². The van der Waals surface area contributed by atoms with E-state index in [4.69, 9.17) is 4.74 Å². The van der Waals surface area contributed by atoms with E-state index in [1.807, 2.05) is 0 Å². The normalized spacial score (nSPS) is 35.4. The maximum absolute atomic E-state index is 5.30. The lowest BCUT2D eigenvalue weighted by Crippen LogP contribution is -2.05. The van der Waals surface area contributed by atoms with Crippen molar-refractivity contribution in [1.82, 2.24) is 0 Å². The van der Waals surface area contributed by atoms with Gasteiger partial charge < -0.3 is 4.74 Å². The van der Waals surface area contributed by atoms with Gasteiger partial charge in [0.1, 0.15) is 0 Å². The SMILES string of the molecule is C1CCCC([C@@H]2CO2)CC1. The number of rotatable bonds is 1. The Labute approximate surface area is 62.8 Å². The van der Waals surface area contributed by atoms with Crippen molar-refractivity contribution in [3.63, 3.8) is 0 Å². The highest BCUT2D eigenvalue weighted by Crippen LogP contribution is 2.32. The van der Waals surface area contributed by atoms with Gasteiger partial charge in [-0.2, -0.15) is 0 Å². The van der Waals surface area contributed by atoms with Gasteiger partial charge in [-0.3, -0.25) is 0 Å². The summed E-state index contributed by atoms with van der Waals surface area (Å²) in [6.45, 7) is 1.06. The predicted molar refractivity (Wildman–Crippen MR) is 40.9 cm³/mol. The molecule has 2 aliphatic rings. The first-order valence-corrected chi connectivity index (χ1v) is 4.58. The van der Waals surface area contributed by atoms with Crippen LogP contribution < -0.4 is 0 Å². The average molecular weight is 140 g/mol. The van der Waals surface area contributed by atoms with Crippen LogP contribution in [0.5, 0.6) is 0 Å². The molecule has 1 aliphatic carbocycles. The zero-order valence-corrected chi connectivity index (χ0v) is 6.51. The topological polar surface area (TPSA) is 12.5 Å². The molecule has 1 heterocycles. The molecule has 2 rings (SSSR count). The summed E-state index contributed by atoms with van der Waals surface area (Å²) >= 11 is 0. The fraction of sp³-hybridized carbons (Fsp3) is 1.00. The van der Waals surface area contributed by atoms with E-state index in [1.165, 1.54) is 38.5 Å². The maximum atomic E-state index is 5.30. The third-order valence-electron chi connectivity index (χ3n) is 2.78. The van der Waals surface area contributed by atoms with E-state index in [0.717, 1.165) is 12.5 Å². The molecular weight excluding hydrogens is 124 g/mol. The highest BCUT2D eigenvalue weighted by molar-refractivity contribution is 4.80. The molecule has 0 radical (unpaired) electrons. The molecule has 2 fully saturated rings. The standard InChI is InChI=1S/C9H16O/c1-2-4-6-8(5-3-1)9-7-10-9/h8-9H,1-7H2/t9-/m0/s1. The molecule has 0 spiro atoms. The zero-order chi connectivity index (χ0) is 6.81. The zero-order valence-electron chi connectivity index (χ0n) is 6.51. The Balaban J connectivity index is 1.81.